The van der Waals surface area contributed by atoms with E-state index >= 15 is 0 Å². The predicted octanol–water partition coefficient (Wildman–Crippen LogP) is 7.65. The van der Waals surface area contributed by atoms with E-state index in [0.29, 0.717) is 35.9 Å². The summed E-state index contributed by atoms with van der Waals surface area (Å²) < 4.78 is 10.7. The number of halogens is 5. The van der Waals surface area contributed by atoms with Crippen LogP contribution in [0.1, 0.15) is 28.7 Å². The van der Waals surface area contributed by atoms with Crippen LogP contribution in [0.25, 0.3) is 0 Å². The van der Waals surface area contributed by atoms with Crippen molar-refractivity contribution in [3.05, 3.63) is 89.8 Å². The molecule has 3 aromatic rings. The Morgan fingerprint density at radius 2 is 1.46 bits per heavy atom. The monoisotopic (exact) mass is 621 g/mol. The second-order valence-electron chi connectivity index (χ2n) is 7.61. The number of nitrogens with one attached hydrogen (secondary N) is 1. The molecule has 0 unspecified atom stereocenters. The van der Waals surface area contributed by atoms with Gasteiger partial charge in [-0.05, 0) is 41.8 Å². The van der Waals surface area contributed by atoms with Crippen LogP contribution in [-0.2, 0) is 17.8 Å². The van der Waals surface area contributed by atoms with Crippen molar-refractivity contribution in [2.24, 2.45) is 0 Å². The fourth-order valence-corrected chi connectivity index (χ4v) is 4.28. The molecule has 0 aliphatic rings. The van der Waals surface area contributed by atoms with Crippen molar-refractivity contribution in [2.45, 2.75) is 19.4 Å². The first-order chi connectivity index (χ1) is 18.7. The van der Waals surface area contributed by atoms with E-state index in [9.17, 15) is 4.79 Å². The number of amides is 1. The maximum atomic E-state index is 12.0. The van der Waals surface area contributed by atoms with Gasteiger partial charge in [-0.15, -0.1) is 6.42 Å². The highest BCUT2D eigenvalue weighted by Crippen LogP contribution is 2.40. The number of methoxy groups -OCH3 is 1. The van der Waals surface area contributed by atoms with Crippen molar-refractivity contribution in [3.63, 3.8) is 0 Å². The lowest BCUT2D eigenvalue weighted by molar-refractivity contribution is -0.121. The van der Waals surface area contributed by atoms with Crippen LogP contribution in [0.5, 0.6) is 11.5 Å². The number of carbonyl (C=O) groups excluding carboxylic acids is 1. The first-order valence-electron chi connectivity index (χ1n) is 11.1. The summed E-state index contributed by atoms with van der Waals surface area (Å²) in [4.78, 5) is 12.0. The van der Waals surface area contributed by atoms with Gasteiger partial charge in [0.15, 0.2) is 11.5 Å². The van der Waals surface area contributed by atoms with E-state index < -0.39 is 0 Å². The number of ether oxygens (including phenoxy) is 2. The average molecular weight is 624 g/mol. The summed E-state index contributed by atoms with van der Waals surface area (Å²) in [6.07, 6.45) is 6.19. The molecule has 0 atom stereocenters. The fourth-order valence-electron chi connectivity index (χ4n) is 3.09. The third kappa shape index (κ3) is 9.15. The molecule has 39 heavy (non-hydrogen) atoms. The first kappa shape index (κ1) is 31.9. The van der Waals surface area contributed by atoms with Crippen molar-refractivity contribution in [1.82, 2.24) is 5.32 Å². The van der Waals surface area contributed by atoms with Crippen LogP contribution in [0, 0.1) is 35.0 Å². The molecule has 0 radical (unpaired) electrons. The zero-order valence-electron chi connectivity index (χ0n) is 20.5. The molecule has 0 aliphatic carbocycles. The first-order valence-corrected chi connectivity index (χ1v) is 13.0. The van der Waals surface area contributed by atoms with Gasteiger partial charge in [0.2, 0.25) is 5.91 Å². The van der Waals surface area contributed by atoms with Gasteiger partial charge >= 0.3 is 0 Å². The van der Waals surface area contributed by atoms with Gasteiger partial charge in [0, 0.05) is 18.0 Å². The number of nitriles is 2. The molecular formula is C28H20Cl5N3O3. The van der Waals surface area contributed by atoms with Crippen LogP contribution < -0.4 is 14.8 Å². The van der Waals surface area contributed by atoms with E-state index in [4.69, 9.17) is 84.4 Å². The predicted molar refractivity (Wildman–Crippen MR) is 155 cm³/mol. The number of hydrogen-bond donors (Lipinski definition) is 1. The molecule has 0 saturated heterocycles. The minimum atomic E-state index is -0.0746. The molecule has 11 heteroatoms. The van der Waals surface area contributed by atoms with Crippen molar-refractivity contribution in [2.75, 3.05) is 13.7 Å². The van der Waals surface area contributed by atoms with E-state index in [2.05, 4.69) is 11.2 Å². The van der Waals surface area contributed by atoms with Crippen LogP contribution in [-0.4, -0.2) is 19.6 Å². The molecule has 6 nitrogen and oxygen atoms in total. The highest BCUT2D eigenvalue weighted by molar-refractivity contribution is 6.50. The smallest absolute Gasteiger partial charge is 0.220 e. The van der Waals surface area contributed by atoms with Crippen LogP contribution in [0.4, 0.5) is 0 Å². The topological polar surface area (TPSA) is 95.1 Å². The molecule has 0 bridgehead atoms. The number of aryl methyl sites for hydroxylation is 1. The Labute approximate surface area is 251 Å². The van der Waals surface area contributed by atoms with E-state index in [1.165, 1.54) is 0 Å². The standard InChI is InChI=1S/C20H20ClNO3.C8Cl4N2/c1-3-12-25-18-10-6-15(13-19(18)24-2)7-11-20(23)22-14-16-4-8-17(21)9-5-16;9-5-3(1-13)6(10)8(12)7(11)4(5)2-14/h1,4-6,8-10,13H,7,11-12,14H2,2H3,(H,22,23);. The Hall–Kier alpha value is -3.28. The van der Waals surface area contributed by atoms with Gasteiger partial charge < -0.3 is 14.8 Å². The second-order valence-corrected chi connectivity index (χ2v) is 9.56. The number of terminal acetylenes is 1. The molecule has 0 heterocycles. The fraction of sp³-hybridized carbons (Fsp3) is 0.179. The van der Waals surface area contributed by atoms with Crippen molar-refractivity contribution in [1.29, 1.82) is 10.5 Å². The van der Waals surface area contributed by atoms with Gasteiger partial charge in [-0.2, -0.15) is 10.5 Å². The number of benzene rings is 3. The van der Waals surface area contributed by atoms with Gasteiger partial charge in [0.1, 0.15) is 18.7 Å². The minimum absolute atomic E-state index is 0.0124. The zero-order valence-corrected chi connectivity index (χ0v) is 24.2. The van der Waals surface area contributed by atoms with Crippen molar-refractivity contribution >= 4 is 63.9 Å². The Morgan fingerprint density at radius 1 is 0.872 bits per heavy atom. The van der Waals surface area contributed by atoms with E-state index in [0.717, 1.165) is 11.1 Å². The third-order valence-electron chi connectivity index (χ3n) is 5.07. The van der Waals surface area contributed by atoms with Crippen LogP contribution in [0.2, 0.25) is 25.1 Å². The Morgan fingerprint density at radius 3 is 2.00 bits per heavy atom. The summed E-state index contributed by atoms with van der Waals surface area (Å²) in [6, 6.07) is 16.5. The van der Waals surface area contributed by atoms with E-state index in [1.54, 1.807) is 37.4 Å². The van der Waals surface area contributed by atoms with Gasteiger partial charge in [-0.25, -0.2) is 0 Å². The average Bonchev–Trinajstić information content (AvgIpc) is 2.94. The zero-order chi connectivity index (χ0) is 28.9. The van der Waals surface area contributed by atoms with E-state index in [1.807, 2.05) is 24.3 Å². The number of carbonyl (C=O) groups is 1. The summed E-state index contributed by atoms with van der Waals surface area (Å²) in [5.74, 6) is 3.60. The molecule has 0 spiro atoms. The molecule has 3 rings (SSSR count). The molecule has 0 aliphatic heterocycles. The maximum Gasteiger partial charge on any atom is 0.220 e. The van der Waals surface area contributed by atoms with Crippen LogP contribution in [0.3, 0.4) is 0 Å². The largest absolute Gasteiger partial charge is 0.493 e. The lowest BCUT2D eigenvalue weighted by atomic mass is 10.1. The SMILES string of the molecule is C#CCOc1ccc(CCC(=O)NCc2ccc(Cl)cc2)cc1OC.N#Cc1c(Cl)c(Cl)c(Cl)c(C#N)c1Cl. The summed E-state index contributed by atoms with van der Waals surface area (Å²) >= 11 is 28.7. The van der Waals surface area contributed by atoms with Gasteiger partial charge in [0.25, 0.3) is 0 Å². The molecule has 3 aromatic carbocycles. The maximum absolute atomic E-state index is 12.0. The number of rotatable bonds is 8. The highest BCUT2D eigenvalue weighted by Gasteiger charge is 2.19. The summed E-state index contributed by atoms with van der Waals surface area (Å²) in [5.41, 5.74) is 1.92. The molecular weight excluding hydrogens is 604 g/mol. The summed E-state index contributed by atoms with van der Waals surface area (Å²) in [6.45, 7) is 0.668. The number of nitrogens with zero attached hydrogens (tertiary/aromatic N) is 2. The van der Waals surface area contributed by atoms with Crippen LogP contribution in [0.15, 0.2) is 42.5 Å². The highest BCUT2D eigenvalue weighted by atomic mass is 35.5. The van der Waals surface area contributed by atoms with Gasteiger partial charge in [0.05, 0.1) is 38.3 Å². The molecule has 200 valence electrons. The second kappa shape index (κ2) is 16.0. The lowest BCUT2D eigenvalue weighted by Gasteiger charge is -2.11. The van der Waals surface area contributed by atoms with Gasteiger partial charge in [-0.1, -0.05) is 82.1 Å². The molecule has 0 fully saturated rings. The van der Waals surface area contributed by atoms with Crippen LogP contribution >= 0.6 is 58.0 Å². The Bertz CT molecular complexity index is 1410. The Balaban J connectivity index is 0.000000322. The lowest BCUT2D eigenvalue weighted by Crippen LogP contribution is -2.22. The third-order valence-corrected chi connectivity index (χ3v) is 7.03. The number of hydrogen-bond acceptors (Lipinski definition) is 5. The molecule has 0 saturated carbocycles. The summed E-state index contributed by atoms with van der Waals surface area (Å²) in [7, 11) is 1.57. The molecule has 0 aromatic heterocycles. The Kier molecular flexibility index (Phi) is 13.1. The van der Waals surface area contributed by atoms with Gasteiger partial charge in [-0.3, -0.25) is 4.79 Å². The van der Waals surface area contributed by atoms with Crippen molar-refractivity contribution < 1.29 is 14.3 Å². The summed E-state index contributed by atoms with van der Waals surface area (Å²) in [5, 5.41) is 20.8. The van der Waals surface area contributed by atoms with Crippen molar-refractivity contribution in [3.8, 4) is 36.0 Å². The minimum Gasteiger partial charge on any atom is -0.493 e. The molecule has 1 N–H and O–H groups in total. The van der Waals surface area contributed by atoms with E-state index in [-0.39, 0.29) is 43.7 Å². The quantitative estimate of drug-likeness (QED) is 0.158. The molecule has 1 amide bonds. The normalized spacial score (nSPS) is 9.72.